The smallest absolute Gasteiger partial charge is 0.340 e. The van der Waals surface area contributed by atoms with Gasteiger partial charge in [-0.05, 0) is 63.5 Å². The summed E-state index contributed by atoms with van der Waals surface area (Å²) in [5.74, 6) is -0.0104. The Labute approximate surface area is 154 Å². The summed E-state index contributed by atoms with van der Waals surface area (Å²) in [6, 6.07) is 0. The molecule has 0 bridgehead atoms. The summed E-state index contributed by atoms with van der Waals surface area (Å²) in [6.07, 6.45) is 2.47. The van der Waals surface area contributed by atoms with Crippen LogP contribution in [-0.4, -0.2) is 44.7 Å². The van der Waals surface area contributed by atoms with Crippen LogP contribution in [0.2, 0.25) is 0 Å². The van der Waals surface area contributed by atoms with E-state index < -0.39 is 29.4 Å². The standard InChI is InChI=1S/C20H30O6/c1-11-10-25-14-9-18(3)7-6-16(20(5,24)15(18)8-13(11)14)26-17(22)19(4,23)12(2)21/h10,12,15-16,21,23-24H,6-9H2,1-5H3/t12?,15?,16-,18-,19?,20+/m1/s1. The first-order chi connectivity index (χ1) is 11.9. The highest BCUT2D eigenvalue weighted by atomic mass is 16.6. The van der Waals surface area contributed by atoms with Gasteiger partial charge in [-0.1, -0.05) is 6.92 Å². The van der Waals surface area contributed by atoms with Gasteiger partial charge in [-0.15, -0.1) is 0 Å². The van der Waals surface area contributed by atoms with E-state index in [0.717, 1.165) is 29.7 Å². The molecule has 0 spiro atoms. The average molecular weight is 366 g/mol. The van der Waals surface area contributed by atoms with E-state index in [-0.39, 0.29) is 11.3 Å². The van der Waals surface area contributed by atoms with Crippen molar-refractivity contribution in [1.29, 1.82) is 0 Å². The lowest BCUT2D eigenvalue weighted by Gasteiger charge is -2.54. The van der Waals surface area contributed by atoms with Crippen molar-refractivity contribution in [2.75, 3.05) is 0 Å². The van der Waals surface area contributed by atoms with Crippen LogP contribution in [0.1, 0.15) is 57.4 Å². The second-order valence-electron chi connectivity index (χ2n) is 8.89. The van der Waals surface area contributed by atoms with E-state index in [1.54, 1.807) is 13.2 Å². The normalized spacial score (nSPS) is 37.2. The zero-order valence-corrected chi connectivity index (χ0v) is 16.2. The summed E-state index contributed by atoms with van der Waals surface area (Å²) >= 11 is 0. The topological polar surface area (TPSA) is 100 Å². The third-order valence-corrected chi connectivity index (χ3v) is 6.82. The lowest BCUT2D eigenvalue weighted by Crippen LogP contribution is -2.61. The molecule has 1 heterocycles. The van der Waals surface area contributed by atoms with E-state index in [4.69, 9.17) is 9.15 Å². The van der Waals surface area contributed by atoms with Gasteiger partial charge in [-0.2, -0.15) is 0 Å². The maximum absolute atomic E-state index is 12.4. The van der Waals surface area contributed by atoms with Gasteiger partial charge >= 0.3 is 5.97 Å². The number of ether oxygens (including phenoxy) is 1. The Bertz CT molecular complexity index is 701. The molecule has 2 aliphatic carbocycles. The molecule has 6 heteroatoms. The summed E-state index contributed by atoms with van der Waals surface area (Å²) in [4.78, 5) is 12.4. The van der Waals surface area contributed by atoms with E-state index >= 15 is 0 Å². The molecule has 0 radical (unpaired) electrons. The third-order valence-electron chi connectivity index (χ3n) is 6.82. The molecule has 146 valence electrons. The number of hydrogen-bond donors (Lipinski definition) is 3. The number of aliphatic hydroxyl groups is 3. The van der Waals surface area contributed by atoms with Crippen LogP contribution >= 0.6 is 0 Å². The predicted molar refractivity (Wildman–Crippen MR) is 94.5 cm³/mol. The molecule has 0 amide bonds. The quantitative estimate of drug-likeness (QED) is 0.707. The van der Waals surface area contributed by atoms with E-state index in [0.29, 0.717) is 12.8 Å². The number of aryl methyl sites for hydroxylation is 1. The number of aliphatic hydroxyl groups excluding tert-OH is 1. The van der Waals surface area contributed by atoms with Crippen LogP contribution in [0.4, 0.5) is 0 Å². The van der Waals surface area contributed by atoms with Gasteiger partial charge in [0.25, 0.3) is 0 Å². The van der Waals surface area contributed by atoms with E-state index in [1.807, 2.05) is 6.92 Å². The largest absolute Gasteiger partial charge is 0.469 e. The second kappa shape index (κ2) is 6.08. The number of carbonyl (C=O) groups excluding carboxylic acids is 1. The maximum atomic E-state index is 12.4. The van der Waals surface area contributed by atoms with E-state index in [2.05, 4.69) is 6.92 Å². The summed E-state index contributed by atoms with van der Waals surface area (Å²) in [7, 11) is 0. The molecule has 3 N–H and O–H groups in total. The minimum absolute atomic E-state index is 0.0955. The molecule has 0 aromatic carbocycles. The Kier molecular flexibility index (Phi) is 4.53. The highest BCUT2D eigenvalue weighted by Crippen LogP contribution is 2.54. The summed E-state index contributed by atoms with van der Waals surface area (Å²) < 4.78 is 11.2. The fourth-order valence-corrected chi connectivity index (χ4v) is 4.63. The zero-order valence-electron chi connectivity index (χ0n) is 16.2. The Hall–Kier alpha value is -1.37. The average Bonchev–Trinajstić information content (AvgIpc) is 2.88. The lowest BCUT2D eigenvalue weighted by molar-refractivity contribution is -0.215. The number of hydrogen-bond acceptors (Lipinski definition) is 6. The monoisotopic (exact) mass is 366 g/mol. The number of carbonyl (C=O) groups is 1. The van der Waals surface area contributed by atoms with Crippen LogP contribution in [-0.2, 0) is 22.4 Å². The number of fused-ring (bicyclic) bond motifs is 2. The Morgan fingerprint density at radius 1 is 1.46 bits per heavy atom. The molecule has 6 atom stereocenters. The highest BCUT2D eigenvalue weighted by molar-refractivity contribution is 5.79. The number of furan rings is 1. The zero-order chi connectivity index (χ0) is 19.5. The van der Waals surface area contributed by atoms with Crippen molar-refractivity contribution in [3.05, 3.63) is 23.2 Å². The van der Waals surface area contributed by atoms with Crippen LogP contribution in [0.25, 0.3) is 0 Å². The fraction of sp³-hybridized carbons (Fsp3) is 0.750. The van der Waals surface area contributed by atoms with Gasteiger partial charge in [0, 0.05) is 12.3 Å². The minimum atomic E-state index is -2.00. The molecule has 1 saturated carbocycles. The van der Waals surface area contributed by atoms with E-state index in [9.17, 15) is 20.1 Å². The van der Waals surface area contributed by atoms with Crippen molar-refractivity contribution in [3.8, 4) is 0 Å². The molecular formula is C20H30O6. The molecule has 3 unspecified atom stereocenters. The maximum Gasteiger partial charge on any atom is 0.340 e. The van der Waals surface area contributed by atoms with Gasteiger partial charge in [-0.3, -0.25) is 0 Å². The van der Waals surface area contributed by atoms with Crippen molar-refractivity contribution >= 4 is 5.97 Å². The number of esters is 1. The summed E-state index contributed by atoms with van der Waals surface area (Å²) in [6.45, 7) is 8.42. The molecule has 2 aliphatic rings. The van der Waals surface area contributed by atoms with Gasteiger partial charge in [0.2, 0.25) is 0 Å². The highest BCUT2D eigenvalue weighted by Gasteiger charge is 2.57. The first kappa shape index (κ1) is 19.4. The van der Waals surface area contributed by atoms with E-state index in [1.165, 1.54) is 13.8 Å². The first-order valence-corrected chi connectivity index (χ1v) is 9.29. The predicted octanol–water partition coefficient (Wildman–Crippen LogP) is 1.90. The van der Waals surface area contributed by atoms with Crippen LogP contribution in [0.3, 0.4) is 0 Å². The molecular weight excluding hydrogens is 336 g/mol. The van der Waals surface area contributed by atoms with Crippen LogP contribution in [0.5, 0.6) is 0 Å². The summed E-state index contributed by atoms with van der Waals surface area (Å²) in [5.41, 5.74) is -1.17. The molecule has 1 aromatic rings. The van der Waals surface area contributed by atoms with Crippen LogP contribution in [0, 0.1) is 18.3 Å². The van der Waals surface area contributed by atoms with Crippen molar-refractivity contribution in [1.82, 2.24) is 0 Å². The van der Waals surface area contributed by atoms with Crippen molar-refractivity contribution in [3.63, 3.8) is 0 Å². The Balaban J connectivity index is 1.86. The first-order valence-electron chi connectivity index (χ1n) is 9.29. The van der Waals surface area contributed by atoms with Crippen molar-refractivity contribution in [2.45, 2.75) is 83.7 Å². The van der Waals surface area contributed by atoms with Gasteiger partial charge in [-0.25, -0.2) is 4.79 Å². The molecule has 26 heavy (non-hydrogen) atoms. The van der Waals surface area contributed by atoms with Crippen molar-refractivity contribution in [2.24, 2.45) is 11.3 Å². The number of rotatable bonds is 3. The second-order valence-corrected chi connectivity index (χ2v) is 8.89. The van der Waals surface area contributed by atoms with Gasteiger partial charge < -0.3 is 24.5 Å². The molecule has 0 saturated heterocycles. The van der Waals surface area contributed by atoms with Gasteiger partial charge in [0.15, 0.2) is 5.60 Å². The lowest BCUT2D eigenvalue weighted by atomic mass is 9.54. The van der Waals surface area contributed by atoms with Gasteiger partial charge in [0.1, 0.15) is 17.5 Å². The molecule has 3 rings (SSSR count). The fourth-order valence-electron chi connectivity index (χ4n) is 4.63. The van der Waals surface area contributed by atoms with Crippen molar-refractivity contribution < 1.29 is 29.3 Å². The third kappa shape index (κ3) is 2.88. The molecule has 1 fully saturated rings. The molecule has 1 aromatic heterocycles. The van der Waals surface area contributed by atoms with Gasteiger partial charge in [0.05, 0.1) is 12.4 Å². The SMILES string of the molecule is Cc1coc2c1CC1[C@](C)(CC[C@@H](OC(=O)C(C)(O)C(C)O)[C@@]1(C)O)C2. The molecule has 6 nitrogen and oxygen atoms in total. The summed E-state index contributed by atoms with van der Waals surface area (Å²) in [5, 5.41) is 31.1. The Morgan fingerprint density at radius 3 is 2.73 bits per heavy atom. The molecule has 0 aliphatic heterocycles. The van der Waals surface area contributed by atoms with Crippen LogP contribution in [0.15, 0.2) is 10.7 Å². The minimum Gasteiger partial charge on any atom is -0.469 e. The Morgan fingerprint density at radius 2 is 2.12 bits per heavy atom. The van der Waals surface area contributed by atoms with Crippen LogP contribution < -0.4 is 0 Å².